The Bertz CT molecular complexity index is 1520. The summed E-state index contributed by atoms with van der Waals surface area (Å²) >= 11 is 5.75. The number of halogens is 4. The highest BCUT2D eigenvalue weighted by molar-refractivity contribution is 6.31. The summed E-state index contributed by atoms with van der Waals surface area (Å²) in [6.45, 7) is 7.32. The van der Waals surface area contributed by atoms with E-state index in [4.69, 9.17) is 16.7 Å². The van der Waals surface area contributed by atoms with Gasteiger partial charge in [-0.15, -0.1) is 0 Å². The van der Waals surface area contributed by atoms with Gasteiger partial charge in [-0.1, -0.05) is 11.6 Å². The van der Waals surface area contributed by atoms with Crippen molar-refractivity contribution in [3.8, 4) is 0 Å². The fourth-order valence-corrected chi connectivity index (χ4v) is 5.48. The quantitative estimate of drug-likeness (QED) is 0.410. The Kier molecular flexibility index (Phi) is 6.93. The molecule has 4 heterocycles. The third-order valence-electron chi connectivity index (χ3n) is 7.50. The first-order valence-electron chi connectivity index (χ1n) is 12.7. The Labute approximate surface area is 232 Å². The van der Waals surface area contributed by atoms with Crippen molar-refractivity contribution in [2.24, 2.45) is 0 Å². The van der Waals surface area contributed by atoms with Crippen molar-refractivity contribution >= 4 is 29.2 Å². The van der Waals surface area contributed by atoms with Crippen LogP contribution in [0.4, 0.5) is 13.2 Å². The van der Waals surface area contributed by atoms with Gasteiger partial charge in [0.2, 0.25) is 0 Å². The van der Waals surface area contributed by atoms with Crippen LogP contribution in [0.25, 0.3) is 0 Å². The standard InChI is InChI=1S/C27H26ClF3N6O3/c1-13-7-22-19(12-35(13)25(39)17-5-6-21(28)20(8-17)27(29,30)31)23-26(40)36(11-14(2)37(23)34-22)15(3)18-9-32-24(16(4)38)33-10-18/h5-6,8-10,13-15H,7,11-12H2,1-4H3/t13-,14-,15?/m1/s1. The lowest BCUT2D eigenvalue weighted by atomic mass is 9.96. The number of nitrogens with zero attached hydrogens (tertiary/aromatic N) is 6. The normalized spacial score (nSPS) is 19.8. The van der Waals surface area contributed by atoms with Crippen molar-refractivity contribution in [1.29, 1.82) is 0 Å². The van der Waals surface area contributed by atoms with Gasteiger partial charge in [0.1, 0.15) is 5.69 Å². The van der Waals surface area contributed by atoms with Crippen molar-refractivity contribution in [2.45, 2.75) is 65.0 Å². The molecular weight excluding hydrogens is 549 g/mol. The molecule has 0 radical (unpaired) electrons. The highest BCUT2D eigenvalue weighted by atomic mass is 35.5. The van der Waals surface area contributed by atoms with E-state index in [1.807, 2.05) is 13.8 Å². The van der Waals surface area contributed by atoms with Crippen molar-refractivity contribution in [3.05, 3.63) is 75.1 Å². The maximum absolute atomic E-state index is 13.8. The van der Waals surface area contributed by atoms with Crippen LogP contribution >= 0.6 is 11.6 Å². The minimum atomic E-state index is -4.71. The van der Waals surface area contributed by atoms with Crippen LogP contribution in [0.5, 0.6) is 0 Å². The van der Waals surface area contributed by atoms with E-state index in [0.717, 1.165) is 12.1 Å². The summed E-state index contributed by atoms with van der Waals surface area (Å²) in [6.07, 6.45) is -1.32. The van der Waals surface area contributed by atoms with Gasteiger partial charge in [0, 0.05) is 55.0 Å². The minimum Gasteiger partial charge on any atom is -0.331 e. The predicted molar refractivity (Wildman–Crippen MR) is 138 cm³/mol. The number of amides is 2. The summed E-state index contributed by atoms with van der Waals surface area (Å²) in [5.41, 5.74) is 1.04. The van der Waals surface area contributed by atoms with Crippen molar-refractivity contribution in [1.82, 2.24) is 29.5 Å². The van der Waals surface area contributed by atoms with Gasteiger partial charge in [-0.05, 0) is 39.0 Å². The van der Waals surface area contributed by atoms with Gasteiger partial charge in [0.25, 0.3) is 11.8 Å². The van der Waals surface area contributed by atoms with Crippen molar-refractivity contribution < 1.29 is 27.6 Å². The lowest BCUT2D eigenvalue weighted by Gasteiger charge is -2.37. The average Bonchev–Trinajstić information content (AvgIpc) is 3.28. The SMILES string of the molecule is CC(=O)c1ncc(C(C)N2C[C@@H](C)n3nc4c(c3C2=O)CN(C(=O)c2ccc(Cl)c(C(F)(F)F)c2)[C@H](C)C4)cn1. The lowest BCUT2D eigenvalue weighted by Crippen LogP contribution is -2.45. The summed E-state index contributed by atoms with van der Waals surface area (Å²) in [5, 5.41) is 4.21. The molecule has 210 valence electrons. The lowest BCUT2D eigenvalue weighted by molar-refractivity contribution is -0.137. The number of benzene rings is 1. The molecule has 13 heteroatoms. The number of ketones is 1. The number of carbonyl (C=O) groups excluding carboxylic acids is 3. The number of hydrogen-bond acceptors (Lipinski definition) is 6. The van der Waals surface area contributed by atoms with Crippen LogP contribution in [-0.4, -0.2) is 59.7 Å². The van der Waals surface area contributed by atoms with Gasteiger partial charge in [0.05, 0.1) is 34.9 Å². The van der Waals surface area contributed by atoms with E-state index in [-0.39, 0.29) is 41.7 Å². The molecule has 0 saturated heterocycles. The molecule has 0 spiro atoms. The van der Waals surface area contributed by atoms with Crippen LogP contribution in [0.3, 0.4) is 0 Å². The smallest absolute Gasteiger partial charge is 0.331 e. The zero-order valence-corrected chi connectivity index (χ0v) is 22.9. The molecule has 0 N–H and O–H groups in total. The number of fused-ring (bicyclic) bond motifs is 3. The van der Waals surface area contributed by atoms with Crippen LogP contribution in [0.1, 0.15) is 93.6 Å². The Morgan fingerprint density at radius 1 is 1.12 bits per heavy atom. The highest BCUT2D eigenvalue weighted by Crippen LogP contribution is 2.37. The average molecular weight is 575 g/mol. The molecule has 0 bridgehead atoms. The second kappa shape index (κ2) is 9.99. The molecule has 2 aliphatic rings. The molecule has 1 aromatic carbocycles. The van der Waals surface area contributed by atoms with Crippen molar-refractivity contribution in [3.63, 3.8) is 0 Å². The Morgan fingerprint density at radius 3 is 2.42 bits per heavy atom. The van der Waals surface area contributed by atoms with Crippen molar-refractivity contribution in [2.75, 3.05) is 6.54 Å². The first-order valence-corrected chi connectivity index (χ1v) is 13.1. The van der Waals surface area contributed by atoms with Crippen LogP contribution in [0.2, 0.25) is 5.02 Å². The fourth-order valence-electron chi connectivity index (χ4n) is 5.25. The summed E-state index contributed by atoms with van der Waals surface area (Å²) in [5.74, 6) is -1.06. The van der Waals surface area contributed by atoms with Gasteiger partial charge in [-0.3, -0.25) is 19.1 Å². The third kappa shape index (κ3) is 4.74. The fraction of sp³-hybridized carbons (Fsp3) is 0.407. The topological polar surface area (TPSA) is 101 Å². The Morgan fingerprint density at radius 2 is 1.80 bits per heavy atom. The molecule has 2 amide bonds. The monoisotopic (exact) mass is 574 g/mol. The van der Waals surface area contributed by atoms with Gasteiger partial charge in [-0.2, -0.15) is 18.3 Å². The number of carbonyl (C=O) groups is 3. The number of Topliss-reactive ketones (excluding diaryl/α,β-unsaturated/α-hetero) is 1. The third-order valence-corrected chi connectivity index (χ3v) is 7.83. The molecule has 0 aliphatic carbocycles. The Balaban J connectivity index is 1.46. The molecular formula is C27H26ClF3N6O3. The molecule has 2 aliphatic heterocycles. The second-order valence-corrected chi connectivity index (χ2v) is 10.7. The maximum atomic E-state index is 13.8. The van der Waals surface area contributed by atoms with Crippen LogP contribution < -0.4 is 0 Å². The zero-order chi connectivity index (χ0) is 29.1. The van der Waals surface area contributed by atoms with Gasteiger partial charge in [-0.25, -0.2) is 9.97 Å². The molecule has 0 fully saturated rings. The minimum absolute atomic E-state index is 0.0196. The molecule has 1 unspecified atom stereocenters. The van der Waals surface area contributed by atoms with Crippen LogP contribution in [0, 0.1) is 0 Å². The van der Waals surface area contributed by atoms with Gasteiger partial charge >= 0.3 is 6.18 Å². The largest absolute Gasteiger partial charge is 0.417 e. The zero-order valence-electron chi connectivity index (χ0n) is 22.2. The van der Waals surface area contributed by atoms with E-state index in [1.54, 1.807) is 16.5 Å². The highest BCUT2D eigenvalue weighted by Gasteiger charge is 2.41. The molecule has 5 rings (SSSR count). The first-order chi connectivity index (χ1) is 18.8. The number of alkyl halides is 3. The Hall–Kier alpha value is -3.80. The first kappa shape index (κ1) is 27.8. The van der Waals surface area contributed by atoms with E-state index in [2.05, 4.69) is 9.97 Å². The number of hydrogen-bond donors (Lipinski definition) is 0. The molecule has 9 nitrogen and oxygen atoms in total. The number of rotatable bonds is 4. The summed E-state index contributed by atoms with van der Waals surface area (Å²) in [7, 11) is 0. The molecule has 0 saturated carbocycles. The van der Waals surface area contributed by atoms with Crippen LogP contribution in [-0.2, 0) is 19.1 Å². The molecule has 40 heavy (non-hydrogen) atoms. The molecule has 3 atom stereocenters. The van der Waals surface area contributed by atoms with E-state index >= 15 is 0 Å². The summed E-state index contributed by atoms with van der Waals surface area (Å²) in [4.78, 5) is 50.1. The van der Waals surface area contributed by atoms with E-state index in [1.165, 1.54) is 30.3 Å². The maximum Gasteiger partial charge on any atom is 0.417 e. The number of aromatic nitrogens is 4. The van der Waals surface area contributed by atoms with E-state index in [0.29, 0.717) is 35.5 Å². The second-order valence-electron chi connectivity index (χ2n) is 10.3. The molecule has 3 aromatic rings. The molecule has 2 aromatic heterocycles. The van der Waals surface area contributed by atoms with Crippen LogP contribution in [0.15, 0.2) is 30.6 Å². The predicted octanol–water partition coefficient (Wildman–Crippen LogP) is 4.91. The van der Waals surface area contributed by atoms with Gasteiger partial charge in [0.15, 0.2) is 11.6 Å². The van der Waals surface area contributed by atoms with Gasteiger partial charge < -0.3 is 9.80 Å². The van der Waals surface area contributed by atoms with E-state index in [9.17, 15) is 27.6 Å². The summed E-state index contributed by atoms with van der Waals surface area (Å²) in [6, 6.07) is 2.14. The van der Waals surface area contributed by atoms with E-state index < -0.39 is 28.7 Å². The summed E-state index contributed by atoms with van der Waals surface area (Å²) < 4.78 is 42.0.